The number of hydrogen-bond donors (Lipinski definition) is 0. The highest BCUT2D eigenvalue weighted by molar-refractivity contribution is 8.28. The van der Waals surface area contributed by atoms with Gasteiger partial charge in [-0.2, -0.15) is 0 Å². The molecule has 0 amide bonds. The fourth-order valence-corrected chi connectivity index (χ4v) is 3.86. The van der Waals surface area contributed by atoms with Crippen LogP contribution in [-0.4, -0.2) is 20.5 Å². The highest BCUT2D eigenvalue weighted by Crippen LogP contribution is 2.36. The molecular weight excluding hydrogens is 336 g/mol. The molecule has 0 aliphatic carbocycles. The third-order valence-electron chi connectivity index (χ3n) is 3.47. The minimum Gasteiger partial charge on any atom is -0.457 e. The van der Waals surface area contributed by atoms with Crippen LogP contribution >= 0.6 is 23.5 Å². The second-order valence-corrected chi connectivity index (χ2v) is 6.76. The Morgan fingerprint density at radius 3 is 1.39 bits per heavy atom. The molecule has 23 heavy (non-hydrogen) atoms. The average molecular weight is 342 g/mol. The second-order valence-electron chi connectivity index (χ2n) is 4.87. The minimum absolute atomic E-state index is 0.268. The summed E-state index contributed by atoms with van der Waals surface area (Å²) in [5, 5.41) is -1.14. The lowest BCUT2D eigenvalue weighted by molar-refractivity contribution is 0.107. The summed E-state index contributed by atoms with van der Waals surface area (Å²) in [5.74, 6) is 0.772. The van der Waals surface area contributed by atoms with Gasteiger partial charge in [0.15, 0.2) is 0 Å². The number of carbonyl (C=O) groups is 4. The van der Waals surface area contributed by atoms with Gasteiger partial charge in [-0.3, -0.25) is 19.2 Å². The van der Waals surface area contributed by atoms with Gasteiger partial charge in [-0.05, 0) is 59.9 Å². The summed E-state index contributed by atoms with van der Waals surface area (Å²) in [6, 6.07) is 9.27. The van der Waals surface area contributed by atoms with Gasteiger partial charge in [0.1, 0.15) is 11.5 Å². The van der Waals surface area contributed by atoms with E-state index in [0.29, 0.717) is 57.3 Å². The Balaban J connectivity index is 1.68. The molecular formula is C16H6O5S2. The summed E-state index contributed by atoms with van der Waals surface area (Å²) in [5.41, 5.74) is 1.39. The zero-order chi connectivity index (χ0) is 16.1. The molecule has 5 nitrogen and oxygen atoms in total. The topological polar surface area (TPSA) is 77.5 Å². The first-order valence-corrected chi connectivity index (χ1v) is 8.15. The van der Waals surface area contributed by atoms with E-state index in [9.17, 15) is 19.2 Å². The van der Waals surface area contributed by atoms with E-state index in [4.69, 9.17) is 4.74 Å². The first-order chi connectivity index (χ1) is 11.0. The highest BCUT2D eigenvalue weighted by atomic mass is 32.2. The molecule has 2 aromatic carbocycles. The Labute approximate surface area is 138 Å². The van der Waals surface area contributed by atoms with Crippen molar-refractivity contribution in [1.29, 1.82) is 0 Å². The third kappa shape index (κ3) is 2.29. The van der Waals surface area contributed by atoms with Gasteiger partial charge in [-0.1, -0.05) is 0 Å². The standard InChI is InChI=1S/C16H6O5S2/c17-13-9-3-1-7(5-11(9)15(19)22-13)21-8-2-4-10-12(6-8)16(20)23-14(10)18/h1-6H. The summed E-state index contributed by atoms with van der Waals surface area (Å²) in [4.78, 5) is 46.6. The van der Waals surface area contributed by atoms with Crippen molar-refractivity contribution in [2.24, 2.45) is 0 Å². The molecule has 0 spiro atoms. The molecule has 2 heterocycles. The zero-order valence-corrected chi connectivity index (χ0v) is 13.0. The van der Waals surface area contributed by atoms with Crippen molar-refractivity contribution in [3.8, 4) is 11.5 Å². The van der Waals surface area contributed by atoms with Crippen LogP contribution in [0.1, 0.15) is 41.4 Å². The molecule has 4 rings (SSSR count). The second kappa shape index (κ2) is 5.07. The monoisotopic (exact) mass is 342 g/mol. The lowest BCUT2D eigenvalue weighted by Crippen LogP contribution is -1.95. The van der Waals surface area contributed by atoms with E-state index in [1.54, 1.807) is 24.3 Å². The molecule has 2 aliphatic heterocycles. The largest absolute Gasteiger partial charge is 0.457 e. The molecule has 0 bridgehead atoms. The number of hydrogen-bond acceptors (Lipinski definition) is 7. The third-order valence-corrected chi connectivity index (χ3v) is 5.09. The summed E-state index contributed by atoms with van der Waals surface area (Å²) in [6.07, 6.45) is 0. The van der Waals surface area contributed by atoms with Crippen molar-refractivity contribution >= 4 is 44.0 Å². The van der Waals surface area contributed by atoms with E-state index in [1.807, 2.05) is 0 Å². The SMILES string of the molecule is O=C1SC(=O)c2cc(Oc3ccc4c(c3)C(=O)SC4=O)ccc21. The van der Waals surface area contributed by atoms with Gasteiger partial charge in [0, 0.05) is 22.3 Å². The normalized spacial score (nSPS) is 15.8. The van der Waals surface area contributed by atoms with Crippen LogP contribution in [0.25, 0.3) is 0 Å². The molecule has 0 atom stereocenters. The van der Waals surface area contributed by atoms with Crippen molar-refractivity contribution in [2.75, 3.05) is 0 Å². The molecule has 2 aromatic rings. The quantitative estimate of drug-likeness (QED) is 0.826. The molecule has 2 aliphatic rings. The predicted octanol–water partition coefficient (Wildman–Crippen LogP) is 3.53. The van der Waals surface area contributed by atoms with Gasteiger partial charge < -0.3 is 4.74 Å². The van der Waals surface area contributed by atoms with E-state index < -0.39 is 0 Å². The van der Waals surface area contributed by atoms with E-state index >= 15 is 0 Å². The maximum Gasteiger partial charge on any atom is 0.228 e. The fourth-order valence-electron chi connectivity index (χ4n) is 2.39. The number of rotatable bonds is 2. The Kier molecular flexibility index (Phi) is 3.14. The van der Waals surface area contributed by atoms with Gasteiger partial charge in [-0.25, -0.2) is 0 Å². The van der Waals surface area contributed by atoms with Crippen molar-refractivity contribution in [3.05, 3.63) is 58.7 Å². The number of fused-ring (bicyclic) bond motifs is 2. The van der Waals surface area contributed by atoms with Gasteiger partial charge in [0.25, 0.3) is 0 Å². The van der Waals surface area contributed by atoms with E-state index in [1.165, 1.54) is 12.1 Å². The summed E-state index contributed by atoms with van der Waals surface area (Å²) < 4.78 is 5.65. The van der Waals surface area contributed by atoms with Crippen LogP contribution in [0.2, 0.25) is 0 Å². The van der Waals surface area contributed by atoms with Crippen LogP contribution in [-0.2, 0) is 0 Å². The van der Waals surface area contributed by atoms with E-state index in [2.05, 4.69) is 0 Å². The Morgan fingerprint density at radius 1 is 0.565 bits per heavy atom. The molecule has 0 unspecified atom stereocenters. The maximum atomic E-state index is 11.7. The van der Waals surface area contributed by atoms with Gasteiger partial charge in [-0.15, -0.1) is 0 Å². The lowest BCUT2D eigenvalue weighted by Gasteiger charge is -2.07. The van der Waals surface area contributed by atoms with Gasteiger partial charge in [0.05, 0.1) is 0 Å². The molecule has 0 saturated heterocycles. The Morgan fingerprint density at radius 2 is 0.957 bits per heavy atom. The van der Waals surface area contributed by atoms with Crippen molar-refractivity contribution in [1.82, 2.24) is 0 Å². The molecule has 0 fully saturated rings. The number of thioether (sulfide) groups is 2. The minimum atomic E-state index is -0.304. The van der Waals surface area contributed by atoms with E-state index in [-0.39, 0.29) is 20.5 Å². The summed E-state index contributed by atoms with van der Waals surface area (Å²) in [6.45, 7) is 0. The Bertz CT molecular complexity index is 857. The number of carbonyl (C=O) groups excluding carboxylic acids is 4. The molecule has 112 valence electrons. The van der Waals surface area contributed by atoms with Crippen molar-refractivity contribution in [2.45, 2.75) is 0 Å². The molecule has 0 aromatic heterocycles. The van der Waals surface area contributed by atoms with Crippen LogP contribution < -0.4 is 4.74 Å². The van der Waals surface area contributed by atoms with E-state index in [0.717, 1.165) is 0 Å². The molecule has 0 N–H and O–H groups in total. The van der Waals surface area contributed by atoms with Crippen molar-refractivity contribution in [3.63, 3.8) is 0 Å². The fraction of sp³-hybridized carbons (Fsp3) is 0. The smallest absolute Gasteiger partial charge is 0.228 e. The van der Waals surface area contributed by atoms with Gasteiger partial charge >= 0.3 is 0 Å². The van der Waals surface area contributed by atoms with Gasteiger partial charge in [0.2, 0.25) is 20.5 Å². The lowest BCUT2D eigenvalue weighted by atomic mass is 10.1. The summed E-state index contributed by atoms with van der Waals surface area (Å²) >= 11 is 1.33. The average Bonchev–Trinajstić information content (AvgIpc) is 2.96. The highest BCUT2D eigenvalue weighted by Gasteiger charge is 2.30. The maximum absolute atomic E-state index is 11.7. The summed E-state index contributed by atoms with van der Waals surface area (Å²) in [7, 11) is 0. The first kappa shape index (κ1) is 14.2. The van der Waals surface area contributed by atoms with Crippen LogP contribution in [0.15, 0.2) is 36.4 Å². The Hall–Kier alpha value is -2.38. The molecule has 7 heteroatoms. The molecule has 0 radical (unpaired) electrons. The van der Waals surface area contributed by atoms with Crippen LogP contribution in [0, 0.1) is 0 Å². The first-order valence-electron chi connectivity index (χ1n) is 6.52. The van der Waals surface area contributed by atoms with Crippen LogP contribution in [0.3, 0.4) is 0 Å². The zero-order valence-electron chi connectivity index (χ0n) is 11.3. The number of benzene rings is 2. The van der Waals surface area contributed by atoms with Crippen LogP contribution in [0.4, 0.5) is 0 Å². The van der Waals surface area contributed by atoms with Crippen LogP contribution in [0.5, 0.6) is 11.5 Å². The van der Waals surface area contributed by atoms with Crippen molar-refractivity contribution < 1.29 is 23.9 Å². The predicted molar refractivity (Wildman–Crippen MR) is 85.5 cm³/mol. The molecule has 0 saturated carbocycles. The number of ether oxygens (including phenoxy) is 1.